The molecule has 0 unspecified atom stereocenters. The lowest BCUT2D eigenvalue weighted by molar-refractivity contribution is -0.253. The fraction of sp³-hybridized carbons (Fsp3) is 0.400. The Balaban J connectivity index is 1.86. The molecule has 10 heteroatoms. The highest BCUT2D eigenvalue weighted by atomic mass is 16.6. The summed E-state index contributed by atoms with van der Waals surface area (Å²) < 4.78 is 5.25. The van der Waals surface area contributed by atoms with Crippen molar-refractivity contribution in [1.29, 1.82) is 0 Å². The highest BCUT2D eigenvalue weighted by Crippen LogP contribution is 2.27. The normalized spacial score (nSPS) is 34.5. The number of ether oxygens (including phenoxy) is 1. The molecule has 0 bridgehead atoms. The molecule has 0 radical (unpaired) electrons. The molecule has 25 heavy (non-hydrogen) atoms. The maximum Gasteiger partial charge on any atom is 0.331 e. The monoisotopic (exact) mass is 351 g/mol. The molecule has 3 heterocycles. The molecule has 5 atom stereocenters. The van der Waals surface area contributed by atoms with Gasteiger partial charge in [0, 0.05) is 6.20 Å². The molecule has 2 fully saturated rings. The van der Waals surface area contributed by atoms with Crippen LogP contribution in [0.5, 0.6) is 0 Å². The standard InChI is InChI=1S/C15H17N3O7/c19-6-9-10(20)11(21)12(22)14(25-9)18-13(23)8(17-15(18)24)5-7-3-1-2-4-16-7/h1-5,9-12,14,19-22H,6H2,(H,17,24)/b8-5-/t9-,10-,11+,12-,14-/m1/s1. The first-order chi connectivity index (χ1) is 11.9. The molecular formula is C15H17N3O7. The molecule has 10 nitrogen and oxygen atoms in total. The number of aromatic nitrogens is 1. The zero-order valence-corrected chi connectivity index (χ0v) is 12.9. The van der Waals surface area contributed by atoms with Gasteiger partial charge in [-0.1, -0.05) is 6.07 Å². The molecule has 1 aromatic heterocycles. The summed E-state index contributed by atoms with van der Waals surface area (Å²) in [6.45, 7) is -0.665. The lowest BCUT2D eigenvalue weighted by Gasteiger charge is -2.42. The predicted molar refractivity (Wildman–Crippen MR) is 81.4 cm³/mol. The number of nitrogens with one attached hydrogen (secondary N) is 1. The third-order valence-electron chi connectivity index (χ3n) is 4.01. The van der Waals surface area contributed by atoms with Crippen LogP contribution in [0.25, 0.3) is 6.08 Å². The van der Waals surface area contributed by atoms with E-state index in [1.807, 2.05) is 0 Å². The van der Waals surface area contributed by atoms with Crippen LogP contribution in [0.4, 0.5) is 4.79 Å². The number of urea groups is 1. The number of aliphatic hydroxyl groups is 4. The molecule has 5 N–H and O–H groups in total. The van der Waals surface area contributed by atoms with E-state index in [9.17, 15) is 30.0 Å². The second-order valence-corrected chi connectivity index (χ2v) is 5.64. The molecule has 3 amide bonds. The molecule has 1 aromatic rings. The first-order valence-electron chi connectivity index (χ1n) is 7.52. The minimum absolute atomic E-state index is 0.0827. The summed E-state index contributed by atoms with van der Waals surface area (Å²) in [6.07, 6.45) is -4.93. The maximum absolute atomic E-state index is 12.5. The fourth-order valence-corrected chi connectivity index (χ4v) is 2.68. The van der Waals surface area contributed by atoms with E-state index in [1.54, 1.807) is 18.2 Å². The van der Waals surface area contributed by atoms with Gasteiger partial charge >= 0.3 is 6.03 Å². The average molecular weight is 351 g/mol. The molecule has 134 valence electrons. The van der Waals surface area contributed by atoms with Crippen molar-refractivity contribution >= 4 is 18.0 Å². The number of pyridine rings is 1. The Morgan fingerprint density at radius 1 is 1.20 bits per heavy atom. The number of carbonyl (C=O) groups excluding carboxylic acids is 2. The van der Waals surface area contributed by atoms with E-state index in [4.69, 9.17) is 4.74 Å². The van der Waals surface area contributed by atoms with Crippen LogP contribution in [0.2, 0.25) is 0 Å². The summed E-state index contributed by atoms with van der Waals surface area (Å²) >= 11 is 0. The van der Waals surface area contributed by atoms with Gasteiger partial charge in [-0.05, 0) is 18.2 Å². The minimum atomic E-state index is -1.73. The van der Waals surface area contributed by atoms with Crippen LogP contribution in [0.1, 0.15) is 5.69 Å². The van der Waals surface area contributed by atoms with E-state index >= 15 is 0 Å². The molecule has 2 aliphatic heterocycles. The van der Waals surface area contributed by atoms with Crippen molar-refractivity contribution in [2.75, 3.05) is 6.61 Å². The summed E-state index contributed by atoms with van der Waals surface area (Å²) in [5.74, 6) is -0.792. The molecule has 0 saturated carbocycles. The van der Waals surface area contributed by atoms with Gasteiger partial charge < -0.3 is 30.5 Å². The van der Waals surface area contributed by atoms with Crippen LogP contribution >= 0.6 is 0 Å². The number of rotatable bonds is 3. The summed E-state index contributed by atoms with van der Waals surface area (Å²) in [6, 6.07) is 4.16. The van der Waals surface area contributed by atoms with Gasteiger partial charge in [0.2, 0.25) is 0 Å². The smallest absolute Gasteiger partial charge is 0.331 e. The lowest BCUT2D eigenvalue weighted by atomic mass is 9.98. The molecule has 2 aliphatic rings. The van der Waals surface area contributed by atoms with Crippen molar-refractivity contribution in [3.8, 4) is 0 Å². The van der Waals surface area contributed by atoms with Crippen LogP contribution in [0.15, 0.2) is 30.1 Å². The van der Waals surface area contributed by atoms with E-state index in [0.717, 1.165) is 0 Å². The van der Waals surface area contributed by atoms with E-state index in [0.29, 0.717) is 10.6 Å². The number of hydrogen-bond donors (Lipinski definition) is 5. The highest BCUT2D eigenvalue weighted by Gasteiger charge is 2.51. The molecular weight excluding hydrogens is 334 g/mol. The van der Waals surface area contributed by atoms with Crippen molar-refractivity contribution < 1.29 is 34.8 Å². The van der Waals surface area contributed by atoms with Gasteiger partial charge in [0.15, 0.2) is 6.23 Å². The second kappa shape index (κ2) is 6.86. The number of nitrogens with zero attached hydrogens (tertiary/aromatic N) is 2. The molecule has 3 rings (SSSR count). The van der Waals surface area contributed by atoms with Crippen LogP contribution < -0.4 is 5.32 Å². The summed E-state index contributed by atoms with van der Waals surface area (Å²) in [4.78, 5) is 29.3. The Labute approximate surface area is 142 Å². The van der Waals surface area contributed by atoms with Gasteiger partial charge in [0.25, 0.3) is 5.91 Å². The number of imide groups is 1. The Morgan fingerprint density at radius 3 is 2.60 bits per heavy atom. The number of carbonyl (C=O) groups is 2. The minimum Gasteiger partial charge on any atom is -0.394 e. The van der Waals surface area contributed by atoms with Crippen molar-refractivity contribution in [3.63, 3.8) is 0 Å². The summed E-state index contributed by atoms with van der Waals surface area (Å²) in [5.41, 5.74) is 0.350. The maximum atomic E-state index is 12.5. The van der Waals surface area contributed by atoms with Crippen molar-refractivity contribution in [2.45, 2.75) is 30.6 Å². The number of hydrogen-bond acceptors (Lipinski definition) is 8. The Kier molecular flexibility index (Phi) is 4.79. The van der Waals surface area contributed by atoms with Gasteiger partial charge in [-0.25, -0.2) is 9.69 Å². The van der Waals surface area contributed by atoms with Gasteiger partial charge in [-0.3, -0.25) is 9.78 Å². The predicted octanol–water partition coefficient (Wildman–Crippen LogP) is -2.23. The van der Waals surface area contributed by atoms with Crippen LogP contribution in [0, 0.1) is 0 Å². The first-order valence-corrected chi connectivity index (χ1v) is 7.52. The topological polar surface area (TPSA) is 152 Å². The Hall–Kier alpha value is -2.37. The van der Waals surface area contributed by atoms with Crippen LogP contribution in [-0.2, 0) is 9.53 Å². The zero-order chi connectivity index (χ0) is 18.1. The number of aliphatic hydroxyl groups excluding tert-OH is 4. The van der Waals surface area contributed by atoms with E-state index in [2.05, 4.69) is 10.3 Å². The molecule has 2 saturated heterocycles. The van der Waals surface area contributed by atoms with Crippen LogP contribution in [-0.4, -0.2) is 79.5 Å². The third kappa shape index (κ3) is 3.13. The van der Waals surface area contributed by atoms with Gasteiger partial charge in [-0.15, -0.1) is 0 Å². The SMILES string of the molecule is O=C1N/C(=C\c2ccccn2)C(=O)N1[C@@H]1O[C@H](CO)[C@@H](O)[C@H](O)[C@H]1O. The van der Waals surface area contributed by atoms with Gasteiger partial charge in [0.1, 0.15) is 30.1 Å². The zero-order valence-electron chi connectivity index (χ0n) is 12.9. The second-order valence-electron chi connectivity index (χ2n) is 5.64. The average Bonchev–Trinajstić information content (AvgIpc) is 2.88. The van der Waals surface area contributed by atoms with Crippen molar-refractivity contribution in [2.24, 2.45) is 0 Å². The molecule has 0 aliphatic carbocycles. The lowest BCUT2D eigenvalue weighted by Crippen LogP contribution is -2.64. The fourth-order valence-electron chi connectivity index (χ4n) is 2.68. The summed E-state index contributed by atoms with van der Waals surface area (Å²) in [7, 11) is 0. The Bertz CT molecular complexity index is 694. The van der Waals surface area contributed by atoms with E-state index in [1.165, 1.54) is 12.3 Å². The Morgan fingerprint density at radius 2 is 1.96 bits per heavy atom. The van der Waals surface area contributed by atoms with Crippen molar-refractivity contribution in [3.05, 3.63) is 35.8 Å². The molecule has 0 aromatic carbocycles. The number of amides is 3. The summed E-state index contributed by atoms with van der Waals surface area (Å²) in [5, 5.41) is 41.2. The van der Waals surface area contributed by atoms with Gasteiger partial charge in [-0.2, -0.15) is 0 Å². The highest BCUT2D eigenvalue weighted by molar-refractivity contribution is 6.14. The largest absolute Gasteiger partial charge is 0.394 e. The van der Waals surface area contributed by atoms with E-state index < -0.39 is 49.2 Å². The molecule has 0 spiro atoms. The quantitative estimate of drug-likeness (QED) is 0.303. The van der Waals surface area contributed by atoms with E-state index in [-0.39, 0.29) is 5.70 Å². The third-order valence-corrected chi connectivity index (χ3v) is 4.01. The first kappa shape index (κ1) is 17.5. The van der Waals surface area contributed by atoms with Crippen LogP contribution in [0.3, 0.4) is 0 Å². The van der Waals surface area contributed by atoms with Crippen molar-refractivity contribution in [1.82, 2.24) is 15.2 Å². The van der Waals surface area contributed by atoms with Gasteiger partial charge in [0.05, 0.1) is 12.3 Å².